The molecule has 0 aromatic rings. The first-order valence-electron chi connectivity index (χ1n) is 9.58. The molecule has 1 aliphatic carbocycles. The lowest BCUT2D eigenvalue weighted by atomic mass is 9.81. The first-order valence-corrected chi connectivity index (χ1v) is 10.7. The summed E-state index contributed by atoms with van der Waals surface area (Å²) in [6, 6.07) is 0. The van der Waals surface area contributed by atoms with Gasteiger partial charge in [-0.05, 0) is 31.8 Å². The van der Waals surface area contributed by atoms with E-state index in [-0.39, 0.29) is 25.0 Å². The minimum Gasteiger partial charge on any atom is -0.433 e. The van der Waals surface area contributed by atoms with Gasteiger partial charge in [-0.25, -0.2) is 13.2 Å². The number of hydrogen-bond acceptors (Lipinski definition) is 3. The van der Waals surface area contributed by atoms with E-state index in [0.29, 0.717) is 44.1 Å². The molecule has 1 saturated heterocycles. The molecule has 0 aromatic carbocycles. The zero-order valence-electron chi connectivity index (χ0n) is 16.8. The van der Waals surface area contributed by atoms with Crippen molar-refractivity contribution in [1.29, 1.82) is 0 Å². The van der Waals surface area contributed by atoms with Crippen molar-refractivity contribution < 1.29 is 36.2 Å². The van der Waals surface area contributed by atoms with Gasteiger partial charge in [0.2, 0.25) is 0 Å². The number of halogens is 5. The predicted octanol–water partition coefficient (Wildman–Crippen LogP) is 6.09. The normalized spacial score (nSPS) is 29.0. The Morgan fingerprint density at radius 2 is 1.69 bits per heavy atom. The van der Waals surface area contributed by atoms with Crippen LogP contribution >= 0.6 is 9.24 Å². The van der Waals surface area contributed by atoms with Gasteiger partial charge in [0.15, 0.2) is 17.9 Å². The third kappa shape index (κ3) is 8.35. The highest BCUT2D eigenvalue weighted by Crippen LogP contribution is 2.42. The van der Waals surface area contributed by atoms with Crippen LogP contribution in [-0.2, 0) is 14.2 Å². The molecule has 1 saturated carbocycles. The monoisotopic (exact) mass is 444 g/mol. The Kier molecular flexibility index (Phi) is 11.4. The summed E-state index contributed by atoms with van der Waals surface area (Å²) in [7, 11) is 2.42. The van der Waals surface area contributed by atoms with Crippen molar-refractivity contribution in [3.05, 3.63) is 36.1 Å². The summed E-state index contributed by atoms with van der Waals surface area (Å²) in [4.78, 5) is 0. The number of alkyl halides is 3. The van der Waals surface area contributed by atoms with Crippen LogP contribution in [0.1, 0.15) is 32.6 Å². The van der Waals surface area contributed by atoms with Crippen molar-refractivity contribution in [3.63, 3.8) is 0 Å². The number of ether oxygens (including phenoxy) is 3. The molecule has 0 N–H and O–H groups in total. The van der Waals surface area contributed by atoms with Gasteiger partial charge in [-0.15, -0.1) is 9.24 Å². The molecule has 1 aliphatic heterocycles. The Labute approximate surface area is 171 Å². The Morgan fingerprint density at radius 1 is 1.14 bits per heavy atom. The standard InChI is InChI=1S/C19H25F5O3.CH5P/c1-12-10-25-18(26-11-12)14-3-5-15(6-4-14)19(23,24)27-16(7-8-20)9-17(22)13(2)21;1-2/h7,9,12,14-15,18H,2-6,8,10-11H2,1H3;2H2,1H3/b16-7+,17-9+;. The number of allylic oxidation sites excluding steroid dienone is 4. The summed E-state index contributed by atoms with van der Waals surface area (Å²) < 4.78 is 83.1. The largest absolute Gasteiger partial charge is 0.433 e. The van der Waals surface area contributed by atoms with Gasteiger partial charge in [-0.1, -0.05) is 20.2 Å². The van der Waals surface area contributed by atoms with Crippen molar-refractivity contribution in [1.82, 2.24) is 0 Å². The maximum atomic E-state index is 14.4. The second kappa shape index (κ2) is 12.7. The van der Waals surface area contributed by atoms with E-state index in [1.165, 1.54) is 0 Å². The van der Waals surface area contributed by atoms with Gasteiger partial charge in [-0.2, -0.15) is 8.78 Å². The average molecular weight is 444 g/mol. The van der Waals surface area contributed by atoms with E-state index < -0.39 is 36.1 Å². The molecule has 2 fully saturated rings. The van der Waals surface area contributed by atoms with E-state index in [1.807, 2.05) is 13.6 Å². The quantitative estimate of drug-likeness (QED) is 0.206. The van der Waals surface area contributed by atoms with Gasteiger partial charge in [-0.3, -0.25) is 0 Å². The van der Waals surface area contributed by atoms with Gasteiger partial charge >= 0.3 is 6.11 Å². The van der Waals surface area contributed by atoms with Crippen molar-refractivity contribution >= 4 is 9.24 Å². The summed E-state index contributed by atoms with van der Waals surface area (Å²) in [5, 5.41) is 0. The van der Waals surface area contributed by atoms with Gasteiger partial charge in [0.05, 0.1) is 19.1 Å². The Balaban J connectivity index is 0.00000204. The zero-order chi connectivity index (χ0) is 22.0. The van der Waals surface area contributed by atoms with E-state index in [4.69, 9.17) is 9.47 Å². The van der Waals surface area contributed by atoms with Crippen molar-refractivity contribution in [3.8, 4) is 0 Å². The number of hydrogen-bond donors (Lipinski definition) is 0. The van der Waals surface area contributed by atoms with Gasteiger partial charge in [0, 0.05) is 17.9 Å². The first-order chi connectivity index (χ1) is 13.7. The highest BCUT2D eigenvalue weighted by molar-refractivity contribution is 7.15. The van der Waals surface area contributed by atoms with Gasteiger partial charge < -0.3 is 14.2 Å². The molecule has 3 nitrogen and oxygen atoms in total. The highest BCUT2D eigenvalue weighted by atomic mass is 31.0. The fraction of sp³-hybridized carbons (Fsp3) is 0.700. The molecular formula is C20H30F5O3P. The molecule has 0 amide bonds. The van der Waals surface area contributed by atoms with E-state index in [9.17, 15) is 22.0 Å². The van der Waals surface area contributed by atoms with E-state index in [0.717, 1.165) is 0 Å². The molecule has 1 heterocycles. The fourth-order valence-corrected chi connectivity index (χ4v) is 3.26. The molecule has 0 aromatic heterocycles. The zero-order valence-corrected chi connectivity index (χ0v) is 18.0. The highest BCUT2D eigenvalue weighted by Gasteiger charge is 2.45. The molecular weight excluding hydrogens is 414 g/mol. The van der Waals surface area contributed by atoms with Crippen molar-refractivity contribution in [2.24, 2.45) is 17.8 Å². The fourth-order valence-electron chi connectivity index (χ4n) is 3.26. The summed E-state index contributed by atoms with van der Waals surface area (Å²) in [5.74, 6) is -4.50. The molecule has 2 aliphatic rings. The van der Waals surface area contributed by atoms with Crippen LogP contribution in [0.5, 0.6) is 0 Å². The number of rotatable bonds is 7. The lowest BCUT2D eigenvalue weighted by Crippen LogP contribution is -2.40. The maximum absolute atomic E-state index is 14.4. The maximum Gasteiger partial charge on any atom is 0.400 e. The summed E-state index contributed by atoms with van der Waals surface area (Å²) >= 11 is 0. The molecule has 1 atom stereocenters. The van der Waals surface area contributed by atoms with E-state index in [2.05, 4.69) is 20.6 Å². The predicted molar refractivity (Wildman–Crippen MR) is 105 cm³/mol. The minimum absolute atomic E-state index is 0.0256. The third-order valence-corrected chi connectivity index (χ3v) is 4.78. The molecule has 0 bridgehead atoms. The molecule has 1 unspecified atom stereocenters. The summed E-state index contributed by atoms with van der Waals surface area (Å²) in [6.07, 6.45) is -1.79. The van der Waals surface area contributed by atoms with Crippen molar-refractivity contribution in [2.75, 3.05) is 26.6 Å². The lowest BCUT2D eigenvalue weighted by molar-refractivity contribution is -0.264. The van der Waals surface area contributed by atoms with Crippen LogP contribution < -0.4 is 0 Å². The van der Waals surface area contributed by atoms with Crippen LogP contribution in [0, 0.1) is 17.8 Å². The molecule has 9 heteroatoms. The minimum atomic E-state index is -3.64. The van der Waals surface area contributed by atoms with Crippen LogP contribution in [0.4, 0.5) is 22.0 Å². The summed E-state index contributed by atoms with van der Waals surface area (Å²) in [5.41, 5.74) is 0. The summed E-state index contributed by atoms with van der Waals surface area (Å²) in [6.45, 7) is 6.64. The Bertz CT molecular complexity index is 566. The second-order valence-electron chi connectivity index (χ2n) is 7.07. The SMILES string of the molecule is C=C(F)/C(F)=C\C(=C/CF)OC(F)(F)C1CCC(C2OCC(C)CO2)CC1.CP. The molecule has 168 valence electrons. The van der Waals surface area contributed by atoms with Gasteiger partial charge in [0.1, 0.15) is 12.4 Å². The smallest absolute Gasteiger partial charge is 0.400 e. The average Bonchev–Trinajstić information content (AvgIpc) is 2.70. The van der Waals surface area contributed by atoms with Crippen LogP contribution in [0.3, 0.4) is 0 Å². The van der Waals surface area contributed by atoms with Crippen LogP contribution in [0.2, 0.25) is 0 Å². The van der Waals surface area contributed by atoms with Gasteiger partial charge in [0.25, 0.3) is 0 Å². The van der Waals surface area contributed by atoms with Crippen molar-refractivity contribution in [2.45, 2.75) is 45.0 Å². The molecule has 0 spiro atoms. The van der Waals surface area contributed by atoms with Crippen LogP contribution in [0.15, 0.2) is 36.1 Å². The Hall–Kier alpha value is -0.980. The van der Waals surface area contributed by atoms with Crippen LogP contribution in [0.25, 0.3) is 0 Å². The second-order valence-corrected chi connectivity index (χ2v) is 7.07. The molecule has 0 radical (unpaired) electrons. The lowest BCUT2D eigenvalue weighted by Gasteiger charge is -2.38. The van der Waals surface area contributed by atoms with E-state index in [1.54, 1.807) is 0 Å². The third-order valence-electron chi connectivity index (χ3n) is 4.78. The molecule has 2 rings (SSSR count). The Morgan fingerprint density at radius 3 is 2.17 bits per heavy atom. The molecule has 29 heavy (non-hydrogen) atoms. The van der Waals surface area contributed by atoms with Crippen LogP contribution in [-0.4, -0.2) is 39.0 Å². The topological polar surface area (TPSA) is 27.7 Å². The van der Waals surface area contributed by atoms with E-state index >= 15 is 0 Å². The first kappa shape index (κ1) is 26.1.